The third-order valence-corrected chi connectivity index (χ3v) is 3.08. The Labute approximate surface area is 88.1 Å². The van der Waals surface area contributed by atoms with E-state index in [1.807, 2.05) is 0 Å². The van der Waals surface area contributed by atoms with Gasteiger partial charge < -0.3 is 10.0 Å². The maximum Gasteiger partial charge on any atom is 0.302 e. The normalized spacial score (nSPS) is 24.6. The fraction of sp³-hybridized carbons (Fsp3) is 0.875. The fourth-order valence-electron chi connectivity index (χ4n) is 1.74. The Morgan fingerprint density at radius 1 is 1.67 bits per heavy atom. The summed E-state index contributed by atoms with van der Waals surface area (Å²) in [5, 5.41) is 9.06. The lowest BCUT2D eigenvalue weighted by Gasteiger charge is -2.17. The molecule has 0 aromatic carbocycles. The van der Waals surface area contributed by atoms with Gasteiger partial charge in [0, 0.05) is 25.4 Å². The second kappa shape index (κ2) is 4.44. The number of amides is 1. The van der Waals surface area contributed by atoms with Gasteiger partial charge in [0.05, 0.1) is 11.9 Å². The van der Waals surface area contributed by atoms with E-state index in [2.05, 4.69) is 0 Å². The molecule has 0 bridgehead atoms. The number of carbonyl (C=O) groups is 1. The molecule has 1 fully saturated rings. The zero-order chi connectivity index (χ0) is 11.6. The molecule has 1 N–H and O–H groups in total. The minimum atomic E-state index is -4.52. The molecular weight excluding hydrogens is 225 g/mol. The van der Waals surface area contributed by atoms with Gasteiger partial charge in [0.15, 0.2) is 0 Å². The van der Waals surface area contributed by atoms with Gasteiger partial charge in [-0.25, -0.2) is 0 Å². The van der Waals surface area contributed by atoms with Crippen LogP contribution in [0.15, 0.2) is 0 Å². The van der Waals surface area contributed by atoms with Crippen molar-refractivity contribution >= 4 is 16.1 Å². The Hall–Kier alpha value is -0.690. The molecule has 15 heavy (non-hydrogen) atoms. The van der Waals surface area contributed by atoms with Crippen LogP contribution in [0.1, 0.15) is 13.3 Å². The number of likely N-dealkylation sites (tertiary alicyclic amines) is 1. The van der Waals surface area contributed by atoms with Gasteiger partial charge in [-0.2, -0.15) is 8.42 Å². The lowest BCUT2D eigenvalue weighted by atomic mass is 10.1. The van der Waals surface area contributed by atoms with Crippen molar-refractivity contribution in [2.45, 2.75) is 19.4 Å². The maximum atomic E-state index is 12.4. The number of hydrogen-bond acceptors (Lipinski definition) is 4. The largest absolute Gasteiger partial charge is 0.392 e. The third-order valence-electron chi connectivity index (χ3n) is 2.21. The molecule has 1 heterocycles. The quantitative estimate of drug-likeness (QED) is 0.672. The van der Waals surface area contributed by atoms with E-state index in [0.29, 0.717) is 0 Å². The van der Waals surface area contributed by atoms with Gasteiger partial charge >= 0.3 is 10.2 Å². The summed E-state index contributed by atoms with van der Waals surface area (Å²) in [6, 6.07) is 0. The predicted octanol–water partition coefficient (Wildman–Crippen LogP) is -0.485. The Morgan fingerprint density at radius 3 is 2.73 bits per heavy atom. The van der Waals surface area contributed by atoms with E-state index in [-0.39, 0.29) is 25.4 Å². The zero-order valence-corrected chi connectivity index (χ0v) is 9.21. The second-order valence-electron chi connectivity index (χ2n) is 3.92. The van der Waals surface area contributed by atoms with Crippen molar-refractivity contribution in [2.75, 3.05) is 18.8 Å². The summed E-state index contributed by atoms with van der Waals surface area (Å²) >= 11 is 0. The van der Waals surface area contributed by atoms with Crippen LogP contribution in [0.3, 0.4) is 0 Å². The topological polar surface area (TPSA) is 74.7 Å². The van der Waals surface area contributed by atoms with Gasteiger partial charge in [-0.05, 0) is 6.92 Å². The van der Waals surface area contributed by atoms with Crippen LogP contribution in [0.5, 0.6) is 0 Å². The average molecular weight is 239 g/mol. The number of β-amino-alcohol motifs (C(OH)–C–C–N with tert-alkyl or cyclic N) is 1. The lowest BCUT2D eigenvalue weighted by Crippen LogP contribution is -2.32. The van der Waals surface area contributed by atoms with Crippen LogP contribution in [0.4, 0.5) is 3.89 Å². The van der Waals surface area contributed by atoms with Crippen LogP contribution in [0.25, 0.3) is 0 Å². The van der Waals surface area contributed by atoms with E-state index >= 15 is 0 Å². The average Bonchev–Trinajstić information content (AvgIpc) is 2.26. The summed E-state index contributed by atoms with van der Waals surface area (Å²) < 4.78 is 33.1. The van der Waals surface area contributed by atoms with Crippen molar-refractivity contribution in [1.82, 2.24) is 4.90 Å². The first-order valence-corrected chi connectivity index (χ1v) is 6.21. The van der Waals surface area contributed by atoms with Crippen molar-refractivity contribution in [2.24, 2.45) is 5.92 Å². The molecular formula is C8H14FNO4S. The van der Waals surface area contributed by atoms with E-state index in [1.165, 1.54) is 11.8 Å². The highest BCUT2D eigenvalue weighted by atomic mass is 32.3. The monoisotopic (exact) mass is 239 g/mol. The van der Waals surface area contributed by atoms with Crippen LogP contribution in [0.2, 0.25) is 0 Å². The summed E-state index contributed by atoms with van der Waals surface area (Å²) in [6.07, 6.45) is -0.620. The van der Waals surface area contributed by atoms with Crippen LogP contribution >= 0.6 is 0 Å². The molecule has 1 aliphatic heterocycles. The molecule has 0 aromatic heterocycles. The molecule has 0 aromatic rings. The fourth-order valence-corrected chi connectivity index (χ4v) is 2.53. The summed E-state index contributed by atoms with van der Waals surface area (Å²) in [4.78, 5) is 12.7. The van der Waals surface area contributed by atoms with E-state index in [1.54, 1.807) is 0 Å². The van der Waals surface area contributed by atoms with Crippen molar-refractivity contribution in [1.29, 1.82) is 0 Å². The van der Waals surface area contributed by atoms with Crippen molar-refractivity contribution in [3.63, 3.8) is 0 Å². The zero-order valence-electron chi connectivity index (χ0n) is 8.39. The number of rotatable bonds is 4. The molecule has 1 aliphatic rings. The number of halogens is 1. The Balaban J connectivity index is 2.52. The highest BCUT2D eigenvalue weighted by Gasteiger charge is 2.32. The van der Waals surface area contributed by atoms with Gasteiger partial charge in [0.25, 0.3) is 0 Å². The summed E-state index contributed by atoms with van der Waals surface area (Å²) in [5.74, 6) is -1.34. The molecule has 5 nitrogen and oxygen atoms in total. The van der Waals surface area contributed by atoms with Crippen molar-refractivity contribution in [3.05, 3.63) is 0 Å². The minimum Gasteiger partial charge on any atom is -0.392 e. The van der Waals surface area contributed by atoms with Gasteiger partial charge in [-0.15, -0.1) is 3.89 Å². The molecule has 2 unspecified atom stereocenters. The first-order valence-electron chi connectivity index (χ1n) is 4.66. The van der Waals surface area contributed by atoms with Crippen LogP contribution < -0.4 is 0 Å². The third kappa shape index (κ3) is 4.13. The van der Waals surface area contributed by atoms with Gasteiger partial charge in [0.2, 0.25) is 5.91 Å². The number of aliphatic hydroxyl groups excluding tert-OH is 1. The van der Waals surface area contributed by atoms with Crippen molar-refractivity contribution < 1.29 is 22.2 Å². The molecule has 2 atom stereocenters. The summed E-state index contributed by atoms with van der Waals surface area (Å²) in [7, 11) is -4.52. The molecule has 7 heteroatoms. The van der Waals surface area contributed by atoms with Crippen LogP contribution in [0, 0.1) is 5.92 Å². The first-order chi connectivity index (χ1) is 6.78. The molecule has 0 aliphatic carbocycles. The first kappa shape index (κ1) is 12.4. The Bertz CT molecular complexity index is 341. The second-order valence-corrected chi connectivity index (χ2v) is 5.33. The molecule has 1 rings (SSSR count). The van der Waals surface area contributed by atoms with Crippen molar-refractivity contribution in [3.8, 4) is 0 Å². The van der Waals surface area contributed by atoms with Gasteiger partial charge in [-0.3, -0.25) is 4.79 Å². The summed E-state index contributed by atoms with van der Waals surface area (Å²) in [6.45, 7) is 1.90. The van der Waals surface area contributed by atoms with E-state index < -0.39 is 28.0 Å². The molecule has 1 saturated heterocycles. The number of nitrogens with zero attached hydrogens (tertiary/aromatic N) is 1. The van der Waals surface area contributed by atoms with E-state index in [9.17, 15) is 17.1 Å². The Kier molecular flexibility index (Phi) is 3.67. The molecule has 88 valence electrons. The molecule has 1 amide bonds. The highest BCUT2D eigenvalue weighted by molar-refractivity contribution is 7.86. The molecule has 0 spiro atoms. The highest BCUT2D eigenvalue weighted by Crippen LogP contribution is 2.20. The van der Waals surface area contributed by atoms with E-state index in [4.69, 9.17) is 5.11 Å². The predicted molar refractivity (Wildman–Crippen MR) is 51.3 cm³/mol. The maximum absolute atomic E-state index is 12.4. The van der Waals surface area contributed by atoms with Crippen LogP contribution in [-0.4, -0.2) is 49.3 Å². The number of carbonyl (C=O) groups excluding carboxylic acids is 1. The minimum absolute atomic E-state index is 0.0376. The van der Waals surface area contributed by atoms with Gasteiger partial charge in [0.1, 0.15) is 0 Å². The number of hydrogen-bond donors (Lipinski definition) is 1. The smallest absolute Gasteiger partial charge is 0.302 e. The lowest BCUT2D eigenvalue weighted by molar-refractivity contribution is -0.128. The van der Waals surface area contributed by atoms with Gasteiger partial charge in [-0.1, -0.05) is 0 Å². The Morgan fingerprint density at radius 2 is 2.27 bits per heavy atom. The molecule has 0 radical (unpaired) electrons. The molecule has 0 saturated carbocycles. The van der Waals surface area contributed by atoms with Crippen LogP contribution in [-0.2, 0) is 15.0 Å². The summed E-state index contributed by atoms with van der Waals surface area (Å²) in [5.41, 5.74) is 0. The standard InChI is InChI=1S/C8H14FNO4S/c1-6(11)3-10-4-7(2-8(10)12)5-15(9,13)14/h6-7,11H,2-5H2,1H3. The SMILES string of the molecule is CC(O)CN1CC(CS(=O)(=O)F)CC1=O. The van der Waals surface area contributed by atoms with E-state index in [0.717, 1.165) is 0 Å². The number of aliphatic hydroxyl groups is 1.